The van der Waals surface area contributed by atoms with E-state index in [1.54, 1.807) is 13.3 Å². The van der Waals surface area contributed by atoms with E-state index >= 15 is 0 Å². The smallest absolute Gasteiger partial charge is 0.332 e. The number of oxazole rings is 1. The third-order valence-corrected chi connectivity index (χ3v) is 7.37. The van der Waals surface area contributed by atoms with E-state index in [0.29, 0.717) is 28.8 Å². The molecule has 0 bridgehead atoms. The van der Waals surface area contributed by atoms with E-state index in [4.69, 9.17) is 9.40 Å². The number of aryl methyl sites for hydroxylation is 2. The van der Waals surface area contributed by atoms with Gasteiger partial charge in [0.2, 0.25) is 5.89 Å². The first-order chi connectivity index (χ1) is 15.1. The SMILES string of the molecule is CCc1coc(C(C)(C)Sc2nc3c(c(=O)n(C)c(=O)n3C)n2CC2=CCCC(Br)=C2)n1. The second-order valence-electron chi connectivity index (χ2n) is 8.38. The summed E-state index contributed by atoms with van der Waals surface area (Å²) in [6.07, 6.45) is 8.61. The summed E-state index contributed by atoms with van der Waals surface area (Å²) in [6.45, 7) is 6.53. The van der Waals surface area contributed by atoms with Crippen molar-refractivity contribution >= 4 is 38.9 Å². The Bertz CT molecular complexity index is 1370. The Balaban J connectivity index is 1.88. The summed E-state index contributed by atoms with van der Waals surface area (Å²) in [5.74, 6) is 0.597. The second kappa shape index (κ2) is 8.55. The molecule has 4 rings (SSSR count). The lowest BCUT2D eigenvalue weighted by molar-refractivity contribution is 0.451. The fraction of sp³-hybridized carbons (Fsp3) is 0.455. The standard InChI is InChI=1S/C22H26BrN5O3S/c1-6-15-12-31-19(24-15)22(2,3)32-20-25-17-16(18(29)27(5)21(30)26(17)4)28(20)11-13-8-7-9-14(23)10-13/h8,10,12H,6-7,9,11H2,1-5H3. The van der Waals surface area contributed by atoms with Gasteiger partial charge in [0.15, 0.2) is 16.3 Å². The lowest BCUT2D eigenvalue weighted by atomic mass is 10.1. The van der Waals surface area contributed by atoms with Crippen molar-refractivity contribution in [2.45, 2.75) is 56.5 Å². The Morgan fingerprint density at radius 3 is 2.62 bits per heavy atom. The number of rotatable bonds is 6. The lowest BCUT2D eigenvalue weighted by Crippen LogP contribution is -2.37. The van der Waals surface area contributed by atoms with Crippen molar-refractivity contribution in [2.75, 3.05) is 0 Å². The predicted molar refractivity (Wildman–Crippen MR) is 129 cm³/mol. The summed E-state index contributed by atoms with van der Waals surface area (Å²) >= 11 is 5.06. The molecular weight excluding hydrogens is 494 g/mol. The highest BCUT2D eigenvalue weighted by Gasteiger charge is 2.32. The average molecular weight is 520 g/mol. The zero-order valence-electron chi connectivity index (χ0n) is 18.8. The normalized spacial score (nSPS) is 14.7. The summed E-state index contributed by atoms with van der Waals surface area (Å²) in [5.41, 5.74) is 2.00. The molecule has 3 heterocycles. The van der Waals surface area contributed by atoms with Crippen LogP contribution in [0.2, 0.25) is 0 Å². The Labute approximate surface area is 198 Å². The summed E-state index contributed by atoms with van der Waals surface area (Å²) in [4.78, 5) is 35.0. The highest BCUT2D eigenvalue weighted by atomic mass is 79.9. The molecule has 0 aliphatic heterocycles. The van der Waals surface area contributed by atoms with Crippen LogP contribution < -0.4 is 11.2 Å². The minimum absolute atomic E-state index is 0.357. The maximum absolute atomic E-state index is 13.1. The first-order valence-corrected chi connectivity index (χ1v) is 12.1. The molecular formula is C22H26BrN5O3S. The van der Waals surface area contributed by atoms with Crippen molar-refractivity contribution in [3.8, 4) is 0 Å². The molecule has 0 fully saturated rings. The van der Waals surface area contributed by atoms with Gasteiger partial charge in [-0.1, -0.05) is 40.7 Å². The monoisotopic (exact) mass is 519 g/mol. The van der Waals surface area contributed by atoms with Crippen LogP contribution in [0.1, 0.15) is 45.2 Å². The largest absolute Gasteiger partial charge is 0.447 e. The molecule has 1 aliphatic rings. The molecule has 0 unspecified atom stereocenters. The van der Waals surface area contributed by atoms with Crippen LogP contribution in [-0.4, -0.2) is 23.7 Å². The van der Waals surface area contributed by atoms with Crippen molar-refractivity contribution in [1.29, 1.82) is 0 Å². The van der Waals surface area contributed by atoms with E-state index in [-0.39, 0.29) is 5.56 Å². The Morgan fingerprint density at radius 2 is 1.97 bits per heavy atom. The van der Waals surface area contributed by atoms with Crippen LogP contribution in [0.3, 0.4) is 0 Å². The van der Waals surface area contributed by atoms with Gasteiger partial charge in [0.25, 0.3) is 5.56 Å². The van der Waals surface area contributed by atoms with Gasteiger partial charge in [-0.25, -0.2) is 14.8 Å². The third-order valence-electron chi connectivity index (χ3n) is 5.56. The van der Waals surface area contributed by atoms with Crippen molar-refractivity contribution in [2.24, 2.45) is 14.1 Å². The molecule has 0 N–H and O–H groups in total. The van der Waals surface area contributed by atoms with Crippen molar-refractivity contribution in [3.05, 3.63) is 60.9 Å². The van der Waals surface area contributed by atoms with Crippen molar-refractivity contribution in [1.82, 2.24) is 23.7 Å². The van der Waals surface area contributed by atoms with E-state index in [1.165, 1.54) is 23.4 Å². The number of imidazole rings is 1. The summed E-state index contributed by atoms with van der Waals surface area (Å²) < 4.78 is 10.8. The van der Waals surface area contributed by atoms with Crippen LogP contribution >= 0.6 is 27.7 Å². The fourth-order valence-corrected chi connectivity index (χ4v) is 5.25. The van der Waals surface area contributed by atoms with Crippen LogP contribution in [0.4, 0.5) is 0 Å². The molecule has 0 saturated carbocycles. The van der Waals surface area contributed by atoms with E-state index in [2.05, 4.69) is 33.1 Å². The number of thioether (sulfide) groups is 1. The second-order valence-corrected chi connectivity index (χ2v) is 11.0. The molecule has 170 valence electrons. The van der Waals surface area contributed by atoms with E-state index < -0.39 is 10.4 Å². The van der Waals surface area contributed by atoms with Crippen LogP contribution in [0.25, 0.3) is 11.2 Å². The third kappa shape index (κ3) is 4.05. The molecule has 3 aromatic heterocycles. The van der Waals surface area contributed by atoms with E-state index in [9.17, 15) is 9.59 Å². The number of halogens is 1. The Kier molecular flexibility index (Phi) is 6.10. The van der Waals surface area contributed by atoms with Gasteiger partial charge in [-0.3, -0.25) is 13.9 Å². The van der Waals surface area contributed by atoms with Gasteiger partial charge >= 0.3 is 5.69 Å². The number of hydrogen-bond acceptors (Lipinski definition) is 6. The van der Waals surface area contributed by atoms with Crippen LogP contribution in [0, 0.1) is 0 Å². The summed E-state index contributed by atoms with van der Waals surface area (Å²) in [5, 5.41) is 0.635. The van der Waals surface area contributed by atoms with Gasteiger partial charge in [0.05, 0.1) is 17.0 Å². The van der Waals surface area contributed by atoms with Gasteiger partial charge in [-0.05, 0) is 49.2 Å². The Morgan fingerprint density at radius 1 is 1.22 bits per heavy atom. The zero-order valence-corrected chi connectivity index (χ0v) is 21.2. The molecule has 32 heavy (non-hydrogen) atoms. The highest BCUT2D eigenvalue weighted by molar-refractivity contribution is 9.11. The molecule has 1 aliphatic carbocycles. The quantitative estimate of drug-likeness (QED) is 0.457. The molecule has 0 radical (unpaired) electrons. The predicted octanol–water partition coefficient (Wildman–Crippen LogP) is 4.01. The fourth-order valence-electron chi connectivity index (χ4n) is 3.69. The van der Waals surface area contributed by atoms with Gasteiger partial charge in [-0.2, -0.15) is 0 Å². The first kappa shape index (κ1) is 22.8. The molecule has 0 atom stereocenters. The molecule has 10 heteroatoms. The van der Waals surface area contributed by atoms with Crippen molar-refractivity contribution in [3.63, 3.8) is 0 Å². The highest BCUT2D eigenvalue weighted by Crippen LogP contribution is 2.41. The zero-order chi connectivity index (χ0) is 23.2. The number of fused-ring (bicyclic) bond motifs is 1. The van der Waals surface area contributed by atoms with E-state index in [0.717, 1.165) is 39.6 Å². The van der Waals surface area contributed by atoms with Crippen molar-refractivity contribution < 1.29 is 4.42 Å². The number of nitrogens with zero attached hydrogens (tertiary/aromatic N) is 5. The van der Waals surface area contributed by atoms with Crippen LogP contribution in [0.5, 0.6) is 0 Å². The molecule has 8 nitrogen and oxygen atoms in total. The summed E-state index contributed by atoms with van der Waals surface area (Å²) in [6, 6.07) is 0. The van der Waals surface area contributed by atoms with E-state index in [1.807, 2.05) is 25.3 Å². The minimum atomic E-state index is -0.534. The van der Waals surface area contributed by atoms with Gasteiger partial charge in [0, 0.05) is 14.1 Å². The topological polar surface area (TPSA) is 87.9 Å². The van der Waals surface area contributed by atoms with Gasteiger partial charge in [0.1, 0.15) is 6.26 Å². The lowest BCUT2D eigenvalue weighted by Gasteiger charge is -2.20. The first-order valence-electron chi connectivity index (χ1n) is 10.5. The average Bonchev–Trinajstić information content (AvgIpc) is 3.37. The number of hydrogen-bond donors (Lipinski definition) is 0. The molecule has 0 saturated heterocycles. The van der Waals surface area contributed by atoms with Gasteiger partial charge < -0.3 is 8.98 Å². The maximum atomic E-state index is 13.1. The number of aromatic nitrogens is 5. The maximum Gasteiger partial charge on any atom is 0.332 e. The molecule has 0 aromatic carbocycles. The molecule has 3 aromatic rings. The number of allylic oxidation sites excluding steroid dienone is 4. The molecule has 0 spiro atoms. The van der Waals surface area contributed by atoms with Crippen LogP contribution in [0.15, 0.2) is 47.6 Å². The Hall–Kier alpha value is -2.33. The summed E-state index contributed by atoms with van der Waals surface area (Å²) in [7, 11) is 3.13. The van der Waals surface area contributed by atoms with Gasteiger partial charge in [-0.15, -0.1) is 0 Å². The van der Waals surface area contributed by atoms with Crippen LogP contribution in [-0.2, 0) is 31.8 Å². The minimum Gasteiger partial charge on any atom is -0.447 e. The molecule has 0 amide bonds.